The second kappa shape index (κ2) is 10.1. The molecule has 3 aromatic rings. The van der Waals surface area contributed by atoms with E-state index in [4.69, 9.17) is 14.6 Å². The Labute approximate surface area is 205 Å². The van der Waals surface area contributed by atoms with E-state index in [1.165, 1.54) is 0 Å². The van der Waals surface area contributed by atoms with Crippen LogP contribution in [0, 0.1) is 17.8 Å². The number of pyridine rings is 1. The van der Waals surface area contributed by atoms with Gasteiger partial charge in [0, 0.05) is 48.7 Å². The third-order valence-electron chi connectivity index (χ3n) is 6.45. The Morgan fingerprint density at radius 3 is 2.57 bits per heavy atom. The molecule has 0 radical (unpaired) electrons. The van der Waals surface area contributed by atoms with Gasteiger partial charge in [0.1, 0.15) is 5.82 Å². The van der Waals surface area contributed by atoms with Crippen molar-refractivity contribution >= 4 is 28.6 Å². The SMILES string of the molecule is CC(C)COC(C)ONC(=O)Cc1cnc(N2CC3C(C2)C3Nc2ccc3ccccc3n2)nc1. The Hall–Kier alpha value is -3.30. The number of carbonyl (C=O) groups excluding carboxylic acids is 1. The van der Waals surface area contributed by atoms with Gasteiger partial charge in [-0.3, -0.25) is 4.79 Å². The van der Waals surface area contributed by atoms with Crippen LogP contribution in [0.5, 0.6) is 0 Å². The number of aromatic nitrogens is 3. The standard InChI is InChI=1S/C26H32N6O3/c1-16(2)15-34-17(3)35-31-24(33)10-18-11-27-26(28-12-18)32-13-20-21(14-32)25(20)30-23-9-8-19-6-4-5-7-22(19)29-23/h4-9,11-12,16-17,20-21,25H,10,13-15H2,1-3H3,(H,29,30)(H,31,33). The number of fused-ring (bicyclic) bond motifs is 2. The molecule has 1 amide bonds. The van der Waals surface area contributed by atoms with E-state index in [1.807, 2.05) is 18.2 Å². The molecule has 9 heteroatoms. The minimum atomic E-state index is -0.503. The lowest BCUT2D eigenvalue weighted by molar-refractivity contribution is -0.182. The van der Waals surface area contributed by atoms with E-state index in [-0.39, 0.29) is 12.3 Å². The van der Waals surface area contributed by atoms with Crippen LogP contribution in [0.3, 0.4) is 0 Å². The maximum atomic E-state index is 12.1. The first-order valence-corrected chi connectivity index (χ1v) is 12.2. The number of ether oxygens (including phenoxy) is 1. The highest BCUT2D eigenvalue weighted by atomic mass is 16.8. The van der Waals surface area contributed by atoms with Crippen LogP contribution in [0.4, 0.5) is 11.8 Å². The molecule has 3 unspecified atom stereocenters. The van der Waals surface area contributed by atoms with Crippen molar-refractivity contribution in [1.29, 1.82) is 0 Å². The zero-order valence-corrected chi connectivity index (χ0v) is 20.3. The summed E-state index contributed by atoms with van der Waals surface area (Å²) in [6.45, 7) is 8.26. The Bertz CT molecular complexity index is 1160. The summed E-state index contributed by atoms with van der Waals surface area (Å²) in [6.07, 6.45) is 3.06. The third-order valence-corrected chi connectivity index (χ3v) is 6.45. The lowest BCUT2D eigenvalue weighted by Gasteiger charge is -2.20. The number of amides is 1. The number of carbonyl (C=O) groups is 1. The summed E-state index contributed by atoms with van der Waals surface area (Å²) in [5.41, 5.74) is 4.17. The fourth-order valence-electron chi connectivity index (χ4n) is 4.56. The molecular weight excluding hydrogens is 444 g/mol. The first-order chi connectivity index (χ1) is 17.0. The number of nitrogens with zero attached hydrogens (tertiary/aromatic N) is 4. The monoisotopic (exact) mass is 476 g/mol. The zero-order valence-electron chi connectivity index (χ0n) is 20.3. The van der Waals surface area contributed by atoms with Gasteiger partial charge in [-0.1, -0.05) is 32.0 Å². The van der Waals surface area contributed by atoms with Gasteiger partial charge < -0.3 is 15.0 Å². The molecule has 2 N–H and O–H groups in total. The number of nitrogens with one attached hydrogen (secondary N) is 2. The van der Waals surface area contributed by atoms with E-state index in [0.717, 1.165) is 35.4 Å². The van der Waals surface area contributed by atoms with Gasteiger partial charge in [-0.15, -0.1) is 0 Å². The smallest absolute Gasteiger partial charge is 0.248 e. The number of hydrogen-bond donors (Lipinski definition) is 2. The van der Waals surface area contributed by atoms with Crippen molar-refractivity contribution < 1.29 is 14.4 Å². The highest BCUT2D eigenvalue weighted by Crippen LogP contribution is 2.47. The van der Waals surface area contributed by atoms with Crippen molar-refractivity contribution in [3.05, 3.63) is 54.4 Å². The molecule has 3 heterocycles. The minimum Gasteiger partial charge on any atom is -0.367 e. The molecule has 5 rings (SSSR count). The van der Waals surface area contributed by atoms with Crippen LogP contribution in [0.1, 0.15) is 26.3 Å². The molecule has 1 saturated heterocycles. The van der Waals surface area contributed by atoms with Crippen molar-refractivity contribution in [1.82, 2.24) is 20.4 Å². The normalized spacial score (nSPS) is 21.7. The maximum Gasteiger partial charge on any atom is 0.248 e. The summed E-state index contributed by atoms with van der Waals surface area (Å²) in [5, 5.41) is 4.75. The molecular formula is C26H32N6O3. The Morgan fingerprint density at radius 1 is 1.09 bits per heavy atom. The second-order valence-electron chi connectivity index (χ2n) is 9.80. The summed E-state index contributed by atoms with van der Waals surface area (Å²) in [4.78, 5) is 33.3. The molecule has 1 aliphatic heterocycles. The number of benzene rings is 1. The van der Waals surface area contributed by atoms with Gasteiger partial charge in [-0.05, 0) is 36.6 Å². The van der Waals surface area contributed by atoms with Crippen LogP contribution < -0.4 is 15.7 Å². The van der Waals surface area contributed by atoms with Crippen molar-refractivity contribution in [2.45, 2.75) is 39.5 Å². The van der Waals surface area contributed by atoms with Crippen LogP contribution in [-0.2, 0) is 20.8 Å². The van der Waals surface area contributed by atoms with Gasteiger partial charge in [-0.2, -0.15) is 0 Å². The predicted octanol–water partition coefficient (Wildman–Crippen LogP) is 3.18. The molecule has 3 atom stereocenters. The summed E-state index contributed by atoms with van der Waals surface area (Å²) < 4.78 is 5.47. The molecule has 1 saturated carbocycles. The summed E-state index contributed by atoms with van der Waals surface area (Å²) in [7, 11) is 0. The largest absolute Gasteiger partial charge is 0.367 e. The summed E-state index contributed by atoms with van der Waals surface area (Å²) >= 11 is 0. The van der Waals surface area contributed by atoms with Gasteiger partial charge in [0.2, 0.25) is 11.9 Å². The second-order valence-corrected chi connectivity index (χ2v) is 9.80. The molecule has 2 aliphatic rings. The summed E-state index contributed by atoms with van der Waals surface area (Å²) in [5.74, 6) is 2.90. The van der Waals surface area contributed by atoms with Crippen LogP contribution in [0.15, 0.2) is 48.8 Å². The molecule has 9 nitrogen and oxygen atoms in total. The van der Waals surface area contributed by atoms with Crippen molar-refractivity contribution in [2.24, 2.45) is 17.8 Å². The molecule has 184 valence electrons. The average molecular weight is 477 g/mol. The topological polar surface area (TPSA) is 102 Å². The van der Waals surface area contributed by atoms with Gasteiger partial charge in [0.05, 0.1) is 18.5 Å². The van der Waals surface area contributed by atoms with Crippen molar-refractivity contribution in [3.63, 3.8) is 0 Å². The number of rotatable bonds is 10. The fourth-order valence-corrected chi connectivity index (χ4v) is 4.56. The van der Waals surface area contributed by atoms with Gasteiger partial charge >= 0.3 is 0 Å². The first-order valence-electron chi connectivity index (χ1n) is 12.2. The molecule has 2 aromatic heterocycles. The molecule has 1 aliphatic carbocycles. The fraction of sp³-hybridized carbons (Fsp3) is 0.462. The van der Waals surface area contributed by atoms with Crippen molar-refractivity contribution in [2.75, 3.05) is 29.9 Å². The number of anilines is 2. The molecule has 35 heavy (non-hydrogen) atoms. The number of hydrogen-bond acceptors (Lipinski definition) is 8. The first kappa shape index (κ1) is 23.4. The van der Waals surface area contributed by atoms with E-state index >= 15 is 0 Å². The molecule has 1 aromatic carbocycles. The minimum absolute atomic E-state index is 0.146. The van der Waals surface area contributed by atoms with Gasteiger partial charge in [0.15, 0.2) is 6.29 Å². The molecule has 2 fully saturated rings. The Kier molecular flexibility index (Phi) is 6.79. The number of para-hydroxylation sites is 1. The Balaban J connectivity index is 1.07. The lowest BCUT2D eigenvalue weighted by Crippen LogP contribution is -2.31. The number of hydroxylamine groups is 1. The quantitative estimate of drug-likeness (QED) is 0.340. The maximum absolute atomic E-state index is 12.1. The van der Waals surface area contributed by atoms with Gasteiger partial charge in [0.25, 0.3) is 0 Å². The third kappa shape index (κ3) is 5.68. The lowest BCUT2D eigenvalue weighted by atomic mass is 10.2. The Morgan fingerprint density at radius 2 is 1.83 bits per heavy atom. The van der Waals surface area contributed by atoms with Gasteiger partial charge in [-0.25, -0.2) is 25.3 Å². The van der Waals surface area contributed by atoms with Crippen LogP contribution in [0.2, 0.25) is 0 Å². The van der Waals surface area contributed by atoms with Crippen molar-refractivity contribution in [3.8, 4) is 0 Å². The van der Waals surface area contributed by atoms with E-state index in [9.17, 15) is 4.79 Å². The van der Waals surface area contributed by atoms with Crippen LogP contribution in [0.25, 0.3) is 10.9 Å². The van der Waals surface area contributed by atoms with E-state index in [0.29, 0.717) is 36.4 Å². The molecule has 0 bridgehead atoms. The predicted molar refractivity (Wildman–Crippen MR) is 134 cm³/mol. The molecule has 0 spiro atoms. The zero-order chi connectivity index (χ0) is 24.4. The van der Waals surface area contributed by atoms with E-state index in [2.05, 4.69) is 57.7 Å². The van der Waals surface area contributed by atoms with Crippen LogP contribution in [-0.4, -0.2) is 52.9 Å². The average Bonchev–Trinajstić information content (AvgIpc) is 3.28. The van der Waals surface area contributed by atoms with E-state index < -0.39 is 6.29 Å². The highest BCUT2D eigenvalue weighted by molar-refractivity contribution is 5.80. The van der Waals surface area contributed by atoms with E-state index in [1.54, 1.807) is 19.3 Å². The number of piperidine rings is 1. The summed E-state index contributed by atoms with van der Waals surface area (Å²) in [6, 6.07) is 12.8. The van der Waals surface area contributed by atoms with Crippen LogP contribution >= 0.6 is 0 Å². The highest BCUT2D eigenvalue weighted by Gasteiger charge is 2.56.